The molecule has 3 N–H and O–H groups in total. The average Bonchev–Trinajstić information content (AvgIpc) is 2.43. The number of nitrogens with zero attached hydrogens (tertiary/aromatic N) is 3. The van der Waals surface area contributed by atoms with Crippen LogP contribution in [0.25, 0.3) is 0 Å². The molecule has 1 aromatic rings. The molecule has 0 amide bonds. The van der Waals surface area contributed by atoms with Gasteiger partial charge in [-0.25, -0.2) is 4.99 Å². The Bertz CT molecular complexity index is 459. The first kappa shape index (κ1) is 13.6. The molecule has 1 aliphatic heterocycles. The molecule has 1 atom stereocenters. The summed E-state index contributed by atoms with van der Waals surface area (Å²) in [4.78, 5) is 12.8. The highest BCUT2D eigenvalue weighted by Crippen LogP contribution is 1.99. The maximum absolute atomic E-state index is 6.03. The van der Waals surface area contributed by atoms with Crippen LogP contribution < -0.4 is 16.0 Å². The molecule has 19 heavy (non-hydrogen) atoms. The van der Waals surface area contributed by atoms with Gasteiger partial charge in [0.25, 0.3) is 0 Å². The van der Waals surface area contributed by atoms with E-state index in [4.69, 9.17) is 11.6 Å². The number of hydrogen-bond donors (Lipinski definition) is 3. The van der Waals surface area contributed by atoms with Gasteiger partial charge in [0.05, 0.1) is 6.54 Å². The smallest absolute Gasteiger partial charge is 0.201 e. The standard InChI is InChI=1S/C12H17ClN6/c1-2-5-15-11-17-10(13)18-12(19-11)16-8-9-4-3-6-14-7-9/h3-4,6-7,10H,2,5,8H2,1H3,(H3,15,16,17,18,19). The Hall–Kier alpha value is -1.82. The second kappa shape index (κ2) is 6.94. The fourth-order valence-electron chi connectivity index (χ4n) is 1.52. The Labute approximate surface area is 117 Å². The van der Waals surface area contributed by atoms with Gasteiger partial charge in [0.15, 0.2) is 5.62 Å². The van der Waals surface area contributed by atoms with Crippen LogP contribution in [0, 0.1) is 0 Å². The largest absolute Gasteiger partial charge is 0.323 e. The average molecular weight is 281 g/mol. The highest BCUT2D eigenvalue weighted by molar-refractivity contribution is 6.23. The summed E-state index contributed by atoms with van der Waals surface area (Å²) in [7, 11) is 0. The second-order valence-electron chi connectivity index (χ2n) is 4.03. The third-order valence-corrected chi connectivity index (χ3v) is 2.62. The molecule has 0 radical (unpaired) electrons. The van der Waals surface area contributed by atoms with Gasteiger partial charge in [0.2, 0.25) is 11.9 Å². The molecule has 1 unspecified atom stereocenters. The van der Waals surface area contributed by atoms with Crippen LogP contribution in [0.4, 0.5) is 0 Å². The maximum Gasteiger partial charge on any atom is 0.201 e. The van der Waals surface area contributed by atoms with Crippen molar-refractivity contribution in [2.75, 3.05) is 6.54 Å². The summed E-state index contributed by atoms with van der Waals surface area (Å²) in [6, 6.07) is 3.86. The lowest BCUT2D eigenvalue weighted by molar-refractivity contribution is 0.688. The Kier molecular flexibility index (Phi) is 4.97. The number of hydrogen-bond acceptors (Lipinski definition) is 3. The minimum Gasteiger partial charge on any atom is -0.323 e. The molecule has 2 rings (SSSR count). The number of rotatable bonds is 4. The van der Waals surface area contributed by atoms with Crippen molar-refractivity contribution in [1.82, 2.24) is 20.9 Å². The highest BCUT2D eigenvalue weighted by Gasteiger charge is 2.17. The fourth-order valence-corrected chi connectivity index (χ4v) is 1.72. The summed E-state index contributed by atoms with van der Waals surface area (Å²) in [6.45, 7) is 3.35. The van der Waals surface area contributed by atoms with Crippen molar-refractivity contribution in [3.05, 3.63) is 30.1 Å². The molecule has 0 bridgehead atoms. The molecule has 0 aromatic carbocycles. The number of pyridine rings is 1. The van der Waals surface area contributed by atoms with Crippen LogP contribution in [-0.2, 0) is 6.54 Å². The molecule has 2 heterocycles. The topological polar surface area (TPSA) is 73.7 Å². The zero-order chi connectivity index (χ0) is 13.5. The minimum atomic E-state index is -0.412. The molecule has 1 fully saturated rings. The van der Waals surface area contributed by atoms with E-state index in [2.05, 4.69) is 37.8 Å². The van der Waals surface area contributed by atoms with Crippen LogP contribution in [0.15, 0.2) is 34.5 Å². The lowest BCUT2D eigenvalue weighted by atomic mass is 10.3. The van der Waals surface area contributed by atoms with Gasteiger partial charge in [-0.15, -0.1) is 0 Å². The Morgan fingerprint density at radius 2 is 2.11 bits per heavy atom. The van der Waals surface area contributed by atoms with Crippen LogP contribution in [0.1, 0.15) is 18.9 Å². The Balaban J connectivity index is 1.99. The van der Waals surface area contributed by atoms with Gasteiger partial charge in [0.1, 0.15) is 0 Å². The third-order valence-electron chi connectivity index (χ3n) is 2.40. The van der Waals surface area contributed by atoms with Crippen molar-refractivity contribution in [1.29, 1.82) is 0 Å². The Morgan fingerprint density at radius 3 is 2.79 bits per heavy atom. The zero-order valence-electron chi connectivity index (χ0n) is 10.7. The van der Waals surface area contributed by atoms with Crippen molar-refractivity contribution in [3.8, 4) is 0 Å². The first-order chi connectivity index (χ1) is 9.28. The third kappa shape index (κ3) is 4.40. The zero-order valence-corrected chi connectivity index (χ0v) is 11.5. The Morgan fingerprint density at radius 1 is 1.32 bits per heavy atom. The molecule has 7 heteroatoms. The lowest BCUT2D eigenvalue weighted by Crippen LogP contribution is -2.61. The van der Waals surface area contributed by atoms with E-state index in [1.54, 1.807) is 12.4 Å². The summed E-state index contributed by atoms with van der Waals surface area (Å²) in [5.41, 5.74) is 0.625. The number of aliphatic imine (C=N–C) groups is 2. The second-order valence-corrected chi connectivity index (χ2v) is 4.47. The quantitative estimate of drug-likeness (QED) is 0.568. The van der Waals surface area contributed by atoms with E-state index in [1.807, 2.05) is 12.1 Å². The van der Waals surface area contributed by atoms with Crippen LogP contribution in [0.3, 0.4) is 0 Å². The van der Waals surface area contributed by atoms with E-state index < -0.39 is 5.62 Å². The number of alkyl halides is 1. The predicted octanol–water partition coefficient (Wildman–Crippen LogP) is 1.01. The molecule has 0 saturated carbocycles. The van der Waals surface area contributed by atoms with E-state index >= 15 is 0 Å². The van der Waals surface area contributed by atoms with Crippen molar-refractivity contribution in [2.24, 2.45) is 9.98 Å². The van der Waals surface area contributed by atoms with Crippen LogP contribution >= 0.6 is 11.6 Å². The van der Waals surface area contributed by atoms with Crippen LogP contribution in [-0.4, -0.2) is 29.1 Å². The van der Waals surface area contributed by atoms with Crippen LogP contribution in [0.2, 0.25) is 0 Å². The van der Waals surface area contributed by atoms with Gasteiger partial charge in [0, 0.05) is 18.9 Å². The molecule has 1 aliphatic rings. The highest BCUT2D eigenvalue weighted by atomic mass is 35.5. The number of halogens is 1. The normalized spacial score (nSPS) is 22.7. The molecule has 0 aliphatic carbocycles. The number of aromatic nitrogens is 1. The van der Waals surface area contributed by atoms with Gasteiger partial charge in [-0.2, -0.15) is 0 Å². The van der Waals surface area contributed by atoms with E-state index in [-0.39, 0.29) is 0 Å². The predicted molar refractivity (Wildman–Crippen MR) is 77.0 cm³/mol. The molecule has 6 nitrogen and oxygen atoms in total. The number of guanidine groups is 2. The van der Waals surface area contributed by atoms with Gasteiger partial charge in [-0.3, -0.25) is 15.3 Å². The van der Waals surface area contributed by atoms with Gasteiger partial charge in [-0.1, -0.05) is 24.6 Å². The van der Waals surface area contributed by atoms with Crippen molar-refractivity contribution >= 4 is 23.5 Å². The first-order valence-electron chi connectivity index (χ1n) is 6.20. The van der Waals surface area contributed by atoms with E-state index in [0.717, 1.165) is 18.5 Å². The van der Waals surface area contributed by atoms with Gasteiger partial charge < -0.3 is 10.6 Å². The SMILES string of the molecule is CCCN=C1NC(=NCc2cccnc2)NC(Cl)N1. The summed E-state index contributed by atoms with van der Waals surface area (Å²) in [5, 5.41) is 9.03. The molecular weight excluding hydrogens is 264 g/mol. The van der Waals surface area contributed by atoms with E-state index in [0.29, 0.717) is 18.5 Å². The lowest BCUT2D eigenvalue weighted by Gasteiger charge is -2.26. The number of nitrogens with one attached hydrogen (secondary N) is 3. The molecule has 0 spiro atoms. The molecule has 1 aromatic heterocycles. The molecular formula is C12H17ClN6. The minimum absolute atomic E-state index is 0.412. The van der Waals surface area contributed by atoms with Gasteiger partial charge >= 0.3 is 0 Å². The van der Waals surface area contributed by atoms with Crippen molar-refractivity contribution < 1.29 is 0 Å². The van der Waals surface area contributed by atoms with Crippen molar-refractivity contribution in [2.45, 2.75) is 25.5 Å². The molecule has 102 valence electrons. The monoisotopic (exact) mass is 280 g/mol. The molecule has 1 saturated heterocycles. The van der Waals surface area contributed by atoms with E-state index in [9.17, 15) is 0 Å². The van der Waals surface area contributed by atoms with E-state index in [1.165, 1.54) is 0 Å². The summed E-state index contributed by atoms with van der Waals surface area (Å²) >= 11 is 6.03. The maximum atomic E-state index is 6.03. The first-order valence-corrected chi connectivity index (χ1v) is 6.63. The van der Waals surface area contributed by atoms with Crippen molar-refractivity contribution in [3.63, 3.8) is 0 Å². The summed E-state index contributed by atoms with van der Waals surface area (Å²) < 4.78 is 0. The van der Waals surface area contributed by atoms with Gasteiger partial charge in [-0.05, 0) is 18.1 Å². The summed E-state index contributed by atoms with van der Waals surface area (Å²) in [5.74, 6) is 1.25. The summed E-state index contributed by atoms with van der Waals surface area (Å²) in [6.07, 6.45) is 4.51. The fraction of sp³-hybridized carbons (Fsp3) is 0.417. The van der Waals surface area contributed by atoms with Crippen LogP contribution in [0.5, 0.6) is 0 Å².